The molecule has 2 amide bonds. The molecule has 264 valence electrons. The minimum Gasteiger partial charge on any atom is -0.480 e. The molecule has 7 N–H and O–H groups in total. The second kappa shape index (κ2) is 16.9. The van der Waals surface area contributed by atoms with Crippen LogP contribution in [0.15, 0.2) is 107 Å². The van der Waals surface area contributed by atoms with E-state index in [1.807, 2.05) is 0 Å². The molecule has 1 atom stereocenters. The average molecular weight is 725 g/mol. The Balaban J connectivity index is 1.17. The Kier molecular flexibility index (Phi) is 12.7. The van der Waals surface area contributed by atoms with E-state index < -0.39 is 38.2 Å². The van der Waals surface area contributed by atoms with Crippen molar-refractivity contribution in [3.8, 4) is 0 Å². The van der Waals surface area contributed by atoms with E-state index in [2.05, 4.69) is 21.3 Å². The number of carbonyl (C=O) groups excluding carboxylic acids is 2. The SMILES string of the molecule is O=C(NCCCCC(NC(=O)c1ccc(CNc2cccc(S(=O)(=O)O)c2)cc1)C(=O)O)c1ccc(CNc2cccc(S(=O)(=O)O)c2)cc1. The lowest BCUT2D eigenvalue weighted by atomic mass is 10.1. The molecule has 1 unspecified atom stereocenters. The number of carbonyl (C=O) groups is 3. The molecule has 4 aromatic carbocycles. The van der Waals surface area contributed by atoms with E-state index in [9.17, 15) is 45.4 Å². The topological polar surface area (TPSA) is 228 Å². The fourth-order valence-corrected chi connectivity index (χ4v) is 5.82. The maximum Gasteiger partial charge on any atom is 0.326 e. The summed E-state index contributed by atoms with van der Waals surface area (Å²) < 4.78 is 63.8. The van der Waals surface area contributed by atoms with Crippen molar-refractivity contribution in [2.45, 2.75) is 48.2 Å². The van der Waals surface area contributed by atoms with Gasteiger partial charge in [-0.05, 0) is 91.1 Å². The molecule has 0 heterocycles. The monoisotopic (exact) mass is 724 g/mol. The molecule has 0 aliphatic rings. The number of aliphatic carboxylic acids is 1. The van der Waals surface area contributed by atoms with Gasteiger partial charge < -0.3 is 26.4 Å². The highest BCUT2D eigenvalue weighted by molar-refractivity contribution is 7.86. The van der Waals surface area contributed by atoms with Gasteiger partial charge in [-0.3, -0.25) is 18.7 Å². The number of hydrogen-bond donors (Lipinski definition) is 7. The summed E-state index contributed by atoms with van der Waals surface area (Å²) in [6.07, 6.45) is 1.05. The molecule has 0 saturated carbocycles. The Hall–Kier alpha value is -5.29. The third kappa shape index (κ3) is 11.4. The Morgan fingerprint density at radius 2 is 1.08 bits per heavy atom. The summed E-state index contributed by atoms with van der Waals surface area (Å²) in [5.74, 6) is -2.05. The Labute approximate surface area is 289 Å². The van der Waals surface area contributed by atoms with Crippen LogP contribution in [0.2, 0.25) is 0 Å². The number of anilines is 2. The number of hydrogen-bond acceptors (Lipinski definition) is 9. The number of rotatable bonds is 17. The van der Waals surface area contributed by atoms with Crippen molar-refractivity contribution in [1.29, 1.82) is 0 Å². The van der Waals surface area contributed by atoms with Crippen LogP contribution in [0.3, 0.4) is 0 Å². The molecule has 14 nitrogen and oxygen atoms in total. The fourth-order valence-electron chi connectivity index (χ4n) is 4.77. The summed E-state index contributed by atoms with van der Waals surface area (Å²) in [7, 11) is -8.65. The molecule has 0 fully saturated rings. The van der Waals surface area contributed by atoms with Crippen LogP contribution in [-0.4, -0.2) is 61.4 Å². The first kappa shape index (κ1) is 37.5. The number of unbranched alkanes of at least 4 members (excludes halogenated alkanes) is 1. The summed E-state index contributed by atoms with van der Waals surface area (Å²) >= 11 is 0. The molecular formula is C34H36N4O10S2. The van der Waals surface area contributed by atoms with E-state index in [0.717, 1.165) is 11.1 Å². The lowest BCUT2D eigenvalue weighted by Gasteiger charge is -2.15. The van der Waals surface area contributed by atoms with Crippen LogP contribution in [-0.2, 0) is 38.1 Å². The van der Waals surface area contributed by atoms with Crippen LogP contribution in [0.25, 0.3) is 0 Å². The number of amides is 2. The highest BCUT2D eigenvalue weighted by atomic mass is 32.2. The van der Waals surface area contributed by atoms with Gasteiger partial charge in [0.05, 0.1) is 9.79 Å². The van der Waals surface area contributed by atoms with Crippen molar-refractivity contribution >= 4 is 49.4 Å². The summed E-state index contributed by atoms with van der Waals surface area (Å²) in [6, 6.07) is 23.5. The van der Waals surface area contributed by atoms with Crippen molar-refractivity contribution in [2.24, 2.45) is 0 Å². The number of carboxylic acid groups (broad SMARTS) is 1. The summed E-state index contributed by atoms with van der Waals surface area (Å²) in [6.45, 7) is 0.940. The van der Waals surface area contributed by atoms with Crippen molar-refractivity contribution < 1.29 is 45.4 Å². The number of carboxylic acids is 1. The molecule has 4 rings (SSSR count). The largest absolute Gasteiger partial charge is 0.480 e. The summed E-state index contributed by atoms with van der Waals surface area (Å²) in [5.41, 5.74) is 3.25. The van der Waals surface area contributed by atoms with Gasteiger partial charge >= 0.3 is 5.97 Å². The Morgan fingerprint density at radius 1 is 0.620 bits per heavy atom. The van der Waals surface area contributed by atoms with E-state index in [4.69, 9.17) is 0 Å². The van der Waals surface area contributed by atoms with Crippen LogP contribution in [0.4, 0.5) is 11.4 Å². The number of nitrogens with one attached hydrogen (secondary N) is 4. The van der Waals surface area contributed by atoms with Gasteiger partial charge in [0.1, 0.15) is 6.04 Å². The lowest BCUT2D eigenvalue weighted by Crippen LogP contribution is -2.40. The highest BCUT2D eigenvalue weighted by Crippen LogP contribution is 2.18. The van der Waals surface area contributed by atoms with Crippen molar-refractivity contribution in [2.75, 3.05) is 17.2 Å². The standard InChI is InChI=1S/C34H36N4O10S2/c39-32(25-14-10-23(11-15-25)21-36-27-5-3-7-29(19-27)49(43,44)45)35-18-2-1-9-31(34(41)42)38-33(40)26-16-12-24(13-17-26)22-37-28-6-4-8-30(20-28)50(46,47)48/h3-8,10-17,19-20,31,36-37H,1-2,9,18,21-22H2,(H,35,39)(H,38,40)(H,41,42)(H,43,44,45)(H,46,47,48). The smallest absolute Gasteiger partial charge is 0.326 e. The zero-order valence-electron chi connectivity index (χ0n) is 26.6. The normalized spacial score (nSPS) is 12.0. The van der Waals surface area contributed by atoms with E-state index >= 15 is 0 Å². The molecule has 0 radical (unpaired) electrons. The van der Waals surface area contributed by atoms with Gasteiger partial charge in [-0.1, -0.05) is 36.4 Å². The molecular weight excluding hydrogens is 689 g/mol. The average Bonchev–Trinajstić information content (AvgIpc) is 3.09. The molecule has 0 spiro atoms. The van der Waals surface area contributed by atoms with Gasteiger partial charge in [0, 0.05) is 42.1 Å². The summed E-state index contributed by atoms with van der Waals surface area (Å²) in [5, 5.41) is 21.0. The van der Waals surface area contributed by atoms with Gasteiger partial charge in [0.15, 0.2) is 0 Å². The summed E-state index contributed by atoms with van der Waals surface area (Å²) in [4.78, 5) is 36.7. The molecule has 0 aromatic heterocycles. The Morgan fingerprint density at radius 3 is 1.52 bits per heavy atom. The molecule has 0 bridgehead atoms. The molecule has 16 heteroatoms. The zero-order chi connectivity index (χ0) is 36.3. The van der Waals surface area contributed by atoms with Gasteiger partial charge in [0.2, 0.25) is 0 Å². The maximum absolute atomic E-state index is 12.7. The quantitative estimate of drug-likeness (QED) is 0.0601. The van der Waals surface area contributed by atoms with Gasteiger partial charge in [-0.2, -0.15) is 16.8 Å². The highest BCUT2D eigenvalue weighted by Gasteiger charge is 2.20. The van der Waals surface area contributed by atoms with Crippen LogP contribution in [0.1, 0.15) is 51.1 Å². The molecule has 4 aromatic rings. The third-order valence-electron chi connectivity index (χ3n) is 7.50. The molecule has 0 saturated heterocycles. The first-order chi connectivity index (χ1) is 23.7. The lowest BCUT2D eigenvalue weighted by molar-refractivity contribution is -0.139. The predicted molar refractivity (Wildman–Crippen MR) is 185 cm³/mol. The van der Waals surface area contributed by atoms with Gasteiger partial charge in [0.25, 0.3) is 32.1 Å². The van der Waals surface area contributed by atoms with E-state index in [1.165, 1.54) is 36.4 Å². The van der Waals surface area contributed by atoms with E-state index in [-0.39, 0.29) is 27.7 Å². The van der Waals surface area contributed by atoms with Gasteiger partial charge in [-0.15, -0.1) is 0 Å². The Bertz CT molecular complexity index is 2040. The molecule has 0 aliphatic heterocycles. The minimum absolute atomic E-state index is 0.149. The number of benzene rings is 4. The van der Waals surface area contributed by atoms with Crippen molar-refractivity contribution in [1.82, 2.24) is 10.6 Å². The van der Waals surface area contributed by atoms with Crippen molar-refractivity contribution in [3.63, 3.8) is 0 Å². The molecule has 0 aliphatic carbocycles. The van der Waals surface area contributed by atoms with Crippen LogP contribution >= 0.6 is 0 Å². The predicted octanol–water partition coefficient (Wildman–Crippen LogP) is 4.19. The second-order valence-corrected chi connectivity index (χ2v) is 14.1. The van der Waals surface area contributed by atoms with E-state index in [1.54, 1.807) is 60.7 Å². The minimum atomic E-state index is -4.34. The van der Waals surface area contributed by atoms with E-state index in [0.29, 0.717) is 49.4 Å². The maximum atomic E-state index is 12.7. The second-order valence-electron chi connectivity index (χ2n) is 11.2. The third-order valence-corrected chi connectivity index (χ3v) is 9.20. The van der Waals surface area contributed by atoms with Gasteiger partial charge in [-0.25, -0.2) is 4.79 Å². The first-order valence-corrected chi connectivity index (χ1v) is 18.2. The van der Waals surface area contributed by atoms with Crippen LogP contribution in [0, 0.1) is 0 Å². The zero-order valence-corrected chi connectivity index (χ0v) is 28.2. The molecule has 50 heavy (non-hydrogen) atoms. The van der Waals surface area contributed by atoms with Crippen LogP contribution in [0.5, 0.6) is 0 Å². The van der Waals surface area contributed by atoms with Crippen LogP contribution < -0.4 is 21.3 Å². The fraction of sp³-hybridized carbons (Fsp3) is 0.206. The first-order valence-electron chi connectivity index (χ1n) is 15.3. The van der Waals surface area contributed by atoms with Crippen molar-refractivity contribution in [3.05, 3.63) is 119 Å².